The van der Waals surface area contributed by atoms with Crippen molar-refractivity contribution >= 4 is 34.9 Å². The zero-order valence-corrected chi connectivity index (χ0v) is 16.3. The van der Waals surface area contributed by atoms with Crippen LogP contribution in [0, 0.1) is 5.92 Å². The van der Waals surface area contributed by atoms with Crippen molar-refractivity contribution in [1.82, 2.24) is 10.9 Å². The van der Waals surface area contributed by atoms with E-state index in [1.165, 1.54) is 17.1 Å². The molecule has 2 aliphatic rings. The molecule has 3 N–H and O–H groups in total. The van der Waals surface area contributed by atoms with Crippen molar-refractivity contribution in [3.05, 3.63) is 76.3 Å². The van der Waals surface area contributed by atoms with Crippen LogP contribution in [0.4, 0.5) is 5.69 Å². The van der Waals surface area contributed by atoms with E-state index in [2.05, 4.69) is 16.0 Å². The molecule has 1 fully saturated rings. The lowest BCUT2D eigenvalue weighted by Crippen LogP contribution is -2.25. The van der Waals surface area contributed by atoms with Crippen molar-refractivity contribution in [2.45, 2.75) is 13.0 Å². The van der Waals surface area contributed by atoms with E-state index in [4.69, 9.17) is 11.6 Å². The smallest absolute Gasteiger partial charge is 0.337 e. The number of hydrazone groups is 1. The van der Waals surface area contributed by atoms with Gasteiger partial charge < -0.3 is 5.11 Å². The maximum Gasteiger partial charge on any atom is 0.337 e. The summed E-state index contributed by atoms with van der Waals surface area (Å²) in [6, 6.07) is 14.4. The molecule has 2 aromatic rings. The van der Waals surface area contributed by atoms with Gasteiger partial charge in [0.25, 0.3) is 5.91 Å². The Balaban J connectivity index is 1.62. The van der Waals surface area contributed by atoms with Crippen LogP contribution in [0.3, 0.4) is 0 Å². The van der Waals surface area contributed by atoms with Crippen molar-refractivity contribution in [3.8, 4) is 0 Å². The molecule has 0 saturated carbocycles. The fraction of sp³-hybridized carbons (Fsp3) is 0.190. The van der Waals surface area contributed by atoms with Crippen LogP contribution in [0.2, 0.25) is 5.02 Å². The lowest BCUT2D eigenvalue weighted by atomic mass is 9.92. The van der Waals surface area contributed by atoms with Gasteiger partial charge in [0.15, 0.2) is 0 Å². The number of carbonyl (C=O) groups is 2. The number of carboxylic acids is 1. The second-order valence-electron chi connectivity index (χ2n) is 6.93. The number of carboxylic acid groups (broad SMARTS) is 1. The van der Waals surface area contributed by atoms with E-state index in [9.17, 15) is 14.7 Å². The summed E-state index contributed by atoms with van der Waals surface area (Å²) in [6.45, 7) is 2.44. The Hall–Kier alpha value is -3.00. The average molecular weight is 411 g/mol. The summed E-state index contributed by atoms with van der Waals surface area (Å²) >= 11 is 5.93. The molecule has 0 spiro atoms. The van der Waals surface area contributed by atoms with Gasteiger partial charge >= 0.3 is 5.97 Å². The predicted molar refractivity (Wildman–Crippen MR) is 111 cm³/mol. The standard InChI is InChI=1S/C21H19ClN4O3/c1-12-16(9-14-11-23-24-19(14)13-5-3-2-4-6-13)20(27)26(25-12)15-7-8-18(22)17(10-15)21(28)29/h2-10,14,19,23-24H,11H2,1H3,(H,28,29)/b16-9-. The van der Waals surface area contributed by atoms with Crippen LogP contribution in [-0.2, 0) is 4.79 Å². The first-order valence-electron chi connectivity index (χ1n) is 9.13. The van der Waals surface area contributed by atoms with Crippen LogP contribution >= 0.6 is 11.6 Å². The van der Waals surface area contributed by atoms with E-state index < -0.39 is 5.97 Å². The van der Waals surface area contributed by atoms with Crippen molar-refractivity contribution in [1.29, 1.82) is 0 Å². The highest BCUT2D eigenvalue weighted by atomic mass is 35.5. The number of hydrogen-bond donors (Lipinski definition) is 3. The Kier molecular flexibility index (Phi) is 5.19. The summed E-state index contributed by atoms with van der Waals surface area (Å²) in [4.78, 5) is 24.4. The van der Waals surface area contributed by atoms with Crippen LogP contribution in [-0.4, -0.2) is 29.2 Å². The Morgan fingerprint density at radius 1 is 1.28 bits per heavy atom. The fourth-order valence-electron chi connectivity index (χ4n) is 3.57. The minimum absolute atomic E-state index is 0.0347. The second-order valence-corrected chi connectivity index (χ2v) is 7.34. The molecule has 29 heavy (non-hydrogen) atoms. The Morgan fingerprint density at radius 3 is 2.76 bits per heavy atom. The summed E-state index contributed by atoms with van der Waals surface area (Å²) in [5, 5.41) is 15.0. The molecule has 148 valence electrons. The van der Waals surface area contributed by atoms with Crippen molar-refractivity contribution in [2.75, 3.05) is 11.6 Å². The van der Waals surface area contributed by atoms with Crippen LogP contribution in [0.25, 0.3) is 0 Å². The minimum Gasteiger partial charge on any atom is -0.478 e. The van der Waals surface area contributed by atoms with Gasteiger partial charge in [0, 0.05) is 12.5 Å². The van der Waals surface area contributed by atoms with E-state index in [0.29, 0.717) is 23.5 Å². The Bertz CT molecular complexity index is 1040. The summed E-state index contributed by atoms with van der Waals surface area (Å²) < 4.78 is 0. The van der Waals surface area contributed by atoms with Gasteiger partial charge in [-0.3, -0.25) is 10.2 Å². The lowest BCUT2D eigenvalue weighted by Gasteiger charge is -2.17. The van der Waals surface area contributed by atoms with Gasteiger partial charge in [0.2, 0.25) is 0 Å². The van der Waals surface area contributed by atoms with Gasteiger partial charge in [-0.15, -0.1) is 0 Å². The molecular formula is C21H19ClN4O3. The minimum atomic E-state index is -1.16. The third kappa shape index (κ3) is 3.67. The molecule has 0 aromatic heterocycles. The first-order valence-corrected chi connectivity index (χ1v) is 9.51. The van der Waals surface area contributed by atoms with Gasteiger partial charge in [0.05, 0.1) is 33.6 Å². The summed E-state index contributed by atoms with van der Waals surface area (Å²) in [7, 11) is 0. The van der Waals surface area contributed by atoms with E-state index in [1.54, 1.807) is 13.0 Å². The molecule has 2 aliphatic heterocycles. The summed E-state index contributed by atoms with van der Waals surface area (Å²) in [5.41, 5.74) is 8.92. The molecule has 1 saturated heterocycles. The van der Waals surface area contributed by atoms with Gasteiger partial charge in [-0.25, -0.2) is 10.2 Å². The molecule has 0 aliphatic carbocycles. The van der Waals surface area contributed by atoms with Crippen molar-refractivity contribution < 1.29 is 14.7 Å². The van der Waals surface area contributed by atoms with Crippen molar-refractivity contribution in [2.24, 2.45) is 11.0 Å². The number of hydrazine groups is 1. The van der Waals surface area contributed by atoms with Gasteiger partial charge in [0.1, 0.15) is 0 Å². The number of carbonyl (C=O) groups excluding carboxylic acids is 1. The molecule has 7 nitrogen and oxygen atoms in total. The van der Waals surface area contributed by atoms with E-state index in [-0.39, 0.29) is 28.5 Å². The highest BCUT2D eigenvalue weighted by Crippen LogP contribution is 2.31. The second kappa shape index (κ2) is 7.79. The zero-order valence-electron chi connectivity index (χ0n) is 15.6. The third-order valence-corrected chi connectivity index (χ3v) is 5.38. The van der Waals surface area contributed by atoms with E-state index in [1.807, 2.05) is 36.4 Å². The largest absolute Gasteiger partial charge is 0.478 e. The molecule has 0 radical (unpaired) electrons. The normalized spacial score (nSPS) is 23.0. The number of hydrogen-bond acceptors (Lipinski definition) is 5. The number of benzene rings is 2. The lowest BCUT2D eigenvalue weighted by molar-refractivity contribution is -0.114. The maximum absolute atomic E-state index is 13.0. The number of halogens is 1. The van der Waals surface area contributed by atoms with Gasteiger partial charge in [-0.2, -0.15) is 10.1 Å². The first-order chi connectivity index (χ1) is 14.0. The predicted octanol–water partition coefficient (Wildman–Crippen LogP) is 3.15. The topological polar surface area (TPSA) is 94.0 Å². The Labute approximate surface area is 172 Å². The zero-order chi connectivity index (χ0) is 20.5. The van der Waals surface area contributed by atoms with Crippen molar-refractivity contribution in [3.63, 3.8) is 0 Å². The number of rotatable bonds is 4. The van der Waals surface area contributed by atoms with Crippen LogP contribution in [0.1, 0.15) is 28.9 Å². The fourth-order valence-corrected chi connectivity index (χ4v) is 3.76. The molecule has 2 heterocycles. The number of anilines is 1. The number of nitrogens with one attached hydrogen (secondary N) is 2. The number of nitrogens with zero attached hydrogens (tertiary/aromatic N) is 2. The molecule has 2 aromatic carbocycles. The van der Waals surface area contributed by atoms with Crippen LogP contribution in [0.5, 0.6) is 0 Å². The maximum atomic E-state index is 13.0. The molecule has 2 unspecified atom stereocenters. The first kappa shape index (κ1) is 19.3. The number of aromatic carboxylic acids is 1. The van der Waals surface area contributed by atoms with Crippen LogP contribution in [0.15, 0.2) is 65.3 Å². The molecular weight excluding hydrogens is 392 g/mol. The SMILES string of the molecule is CC1=NN(c2ccc(Cl)c(C(=O)O)c2)C(=O)/C1=C\C1CNNC1c1ccccc1. The summed E-state index contributed by atoms with van der Waals surface area (Å²) in [5.74, 6) is -1.39. The monoisotopic (exact) mass is 410 g/mol. The molecule has 0 bridgehead atoms. The molecule has 1 amide bonds. The summed E-state index contributed by atoms with van der Waals surface area (Å²) in [6.07, 6.45) is 1.93. The quantitative estimate of drug-likeness (QED) is 0.673. The highest BCUT2D eigenvalue weighted by Gasteiger charge is 2.33. The third-order valence-electron chi connectivity index (χ3n) is 5.05. The number of amides is 1. The Morgan fingerprint density at radius 2 is 2.03 bits per heavy atom. The molecule has 8 heteroatoms. The molecule has 4 rings (SSSR count). The van der Waals surface area contributed by atoms with Crippen LogP contribution < -0.4 is 15.9 Å². The average Bonchev–Trinajstić information content (AvgIpc) is 3.29. The van der Waals surface area contributed by atoms with E-state index >= 15 is 0 Å². The highest BCUT2D eigenvalue weighted by molar-refractivity contribution is 6.34. The van der Waals surface area contributed by atoms with Gasteiger partial charge in [-0.05, 0) is 30.7 Å². The van der Waals surface area contributed by atoms with Gasteiger partial charge in [-0.1, -0.05) is 48.0 Å². The molecule has 2 atom stereocenters. The van der Waals surface area contributed by atoms with E-state index in [0.717, 1.165) is 5.56 Å².